The Kier molecular flexibility index (Phi) is 3.61. The Hall–Kier alpha value is -1.40. The van der Waals surface area contributed by atoms with Crippen LogP contribution < -0.4 is 11.3 Å². The van der Waals surface area contributed by atoms with Gasteiger partial charge in [-0.1, -0.05) is 0 Å². The van der Waals surface area contributed by atoms with E-state index in [0.29, 0.717) is 18.8 Å². The third-order valence-electron chi connectivity index (χ3n) is 1.67. The minimum absolute atomic E-state index is 0.312. The van der Waals surface area contributed by atoms with Gasteiger partial charge in [-0.2, -0.15) is 5.10 Å². The van der Waals surface area contributed by atoms with Crippen LogP contribution in [0.25, 0.3) is 0 Å². The first-order valence-corrected chi connectivity index (χ1v) is 4.32. The number of nitrogens with one attached hydrogen (secondary N) is 1. The molecule has 3 N–H and O–H groups in total. The van der Waals surface area contributed by atoms with E-state index in [1.807, 2.05) is 0 Å². The van der Waals surface area contributed by atoms with Gasteiger partial charge in [-0.15, -0.1) is 0 Å². The Morgan fingerprint density at radius 3 is 3.07 bits per heavy atom. The van der Waals surface area contributed by atoms with Crippen LogP contribution in [0, 0.1) is 0 Å². The number of hydrogen-bond donors (Lipinski definition) is 2. The summed E-state index contributed by atoms with van der Waals surface area (Å²) in [5.41, 5.74) is 3.52. The van der Waals surface area contributed by atoms with E-state index in [-0.39, 0.29) is 0 Å². The van der Waals surface area contributed by atoms with Gasteiger partial charge in [-0.3, -0.25) is 16.0 Å². The average molecular weight is 198 g/mol. The molecule has 0 fully saturated rings. The minimum Gasteiger partial charge on any atom is -0.461 e. The van der Waals surface area contributed by atoms with Gasteiger partial charge in [0.05, 0.1) is 6.61 Å². The maximum Gasteiger partial charge on any atom is 0.359 e. The third kappa shape index (κ3) is 2.30. The SMILES string of the molecule is CCOC(=O)c1nn(C)cc1CNN. The number of hydrazine groups is 1. The van der Waals surface area contributed by atoms with Crippen LogP contribution >= 0.6 is 0 Å². The Bertz CT molecular complexity index is 321. The summed E-state index contributed by atoms with van der Waals surface area (Å²) in [6, 6.07) is 0. The molecule has 6 nitrogen and oxygen atoms in total. The Morgan fingerprint density at radius 2 is 2.50 bits per heavy atom. The molecule has 78 valence electrons. The van der Waals surface area contributed by atoms with E-state index in [2.05, 4.69) is 10.5 Å². The van der Waals surface area contributed by atoms with Crippen LogP contribution in [0.5, 0.6) is 0 Å². The topological polar surface area (TPSA) is 82.2 Å². The summed E-state index contributed by atoms with van der Waals surface area (Å²) in [4.78, 5) is 11.4. The normalized spacial score (nSPS) is 10.2. The molecule has 0 bridgehead atoms. The van der Waals surface area contributed by atoms with Gasteiger partial charge < -0.3 is 4.74 Å². The molecule has 0 atom stereocenters. The molecule has 0 saturated carbocycles. The third-order valence-corrected chi connectivity index (χ3v) is 1.67. The molecule has 1 rings (SSSR count). The summed E-state index contributed by atoms with van der Waals surface area (Å²) in [6.45, 7) is 2.48. The molecule has 1 heterocycles. The van der Waals surface area contributed by atoms with E-state index in [1.54, 1.807) is 24.9 Å². The fraction of sp³-hybridized carbons (Fsp3) is 0.500. The van der Waals surface area contributed by atoms with Crippen LogP contribution in [0.3, 0.4) is 0 Å². The number of carbonyl (C=O) groups is 1. The highest BCUT2D eigenvalue weighted by molar-refractivity contribution is 5.88. The van der Waals surface area contributed by atoms with E-state index < -0.39 is 5.97 Å². The largest absolute Gasteiger partial charge is 0.461 e. The van der Waals surface area contributed by atoms with Gasteiger partial charge in [0.25, 0.3) is 0 Å². The lowest BCUT2D eigenvalue weighted by molar-refractivity contribution is 0.0517. The first kappa shape index (κ1) is 10.7. The zero-order valence-corrected chi connectivity index (χ0v) is 8.28. The maximum atomic E-state index is 11.4. The van der Waals surface area contributed by atoms with E-state index in [4.69, 9.17) is 10.6 Å². The summed E-state index contributed by atoms with van der Waals surface area (Å²) >= 11 is 0. The zero-order valence-electron chi connectivity index (χ0n) is 8.28. The van der Waals surface area contributed by atoms with Gasteiger partial charge >= 0.3 is 5.97 Å². The van der Waals surface area contributed by atoms with Crippen molar-refractivity contribution in [3.05, 3.63) is 17.5 Å². The van der Waals surface area contributed by atoms with E-state index in [0.717, 1.165) is 5.56 Å². The summed E-state index contributed by atoms with van der Waals surface area (Å²) < 4.78 is 6.40. The minimum atomic E-state index is -0.418. The van der Waals surface area contributed by atoms with Gasteiger partial charge in [0.2, 0.25) is 0 Å². The Morgan fingerprint density at radius 1 is 1.79 bits per heavy atom. The number of esters is 1. The molecule has 0 aromatic carbocycles. The first-order chi connectivity index (χ1) is 6.69. The predicted molar refractivity (Wildman–Crippen MR) is 50.2 cm³/mol. The molecular formula is C8H14N4O2. The molecule has 0 amide bonds. The van der Waals surface area contributed by atoms with Gasteiger partial charge in [-0.25, -0.2) is 4.79 Å². The maximum absolute atomic E-state index is 11.4. The van der Waals surface area contributed by atoms with Gasteiger partial charge in [0.15, 0.2) is 5.69 Å². The van der Waals surface area contributed by atoms with Crippen molar-refractivity contribution in [3.63, 3.8) is 0 Å². The molecule has 1 aromatic rings. The molecule has 0 radical (unpaired) electrons. The number of rotatable bonds is 4. The second-order valence-corrected chi connectivity index (χ2v) is 2.78. The monoisotopic (exact) mass is 198 g/mol. The molecule has 0 unspecified atom stereocenters. The molecule has 0 aliphatic carbocycles. The highest BCUT2D eigenvalue weighted by Gasteiger charge is 2.16. The fourth-order valence-electron chi connectivity index (χ4n) is 1.15. The van der Waals surface area contributed by atoms with E-state index >= 15 is 0 Å². The predicted octanol–water partition coefficient (Wildman–Crippen LogP) is -0.440. The van der Waals surface area contributed by atoms with Crippen molar-refractivity contribution in [1.82, 2.24) is 15.2 Å². The number of aryl methyl sites for hydroxylation is 1. The quantitative estimate of drug-likeness (QED) is 0.389. The summed E-state index contributed by atoms with van der Waals surface area (Å²) in [5, 5.41) is 3.99. The number of aromatic nitrogens is 2. The van der Waals surface area contributed by atoms with Gasteiger partial charge in [0, 0.05) is 25.4 Å². The number of carbonyl (C=O) groups excluding carboxylic acids is 1. The van der Waals surface area contributed by atoms with Crippen molar-refractivity contribution in [3.8, 4) is 0 Å². The van der Waals surface area contributed by atoms with Gasteiger partial charge in [-0.05, 0) is 6.92 Å². The molecule has 0 aliphatic heterocycles. The Labute approximate surface area is 82.0 Å². The van der Waals surface area contributed by atoms with Crippen LogP contribution in [0.1, 0.15) is 23.0 Å². The molecule has 1 aromatic heterocycles. The average Bonchev–Trinajstić information content (AvgIpc) is 2.48. The highest BCUT2D eigenvalue weighted by Crippen LogP contribution is 2.07. The van der Waals surface area contributed by atoms with Crippen LogP contribution in [-0.4, -0.2) is 22.4 Å². The van der Waals surface area contributed by atoms with Crippen LogP contribution in [0.4, 0.5) is 0 Å². The lowest BCUT2D eigenvalue weighted by atomic mass is 10.2. The van der Waals surface area contributed by atoms with Crippen molar-refractivity contribution in [2.45, 2.75) is 13.5 Å². The van der Waals surface area contributed by atoms with Crippen LogP contribution in [0.2, 0.25) is 0 Å². The molecule has 6 heteroatoms. The van der Waals surface area contributed by atoms with Crippen molar-refractivity contribution in [1.29, 1.82) is 0 Å². The first-order valence-electron chi connectivity index (χ1n) is 4.32. The van der Waals surface area contributed by atoms with Crippen LogP contribution in [-0.2, 0) is 18.3 Å². The summed E-state index contributed by atoms with van der Waals surface area (Å²) in [5.74, 6) is 4.76. The number of nitrogens with zero attached hydrogens (tertiary/aromatic N) is 2. The number of hydrogen-bond acceptors (Lipinski definition) is 5. The summed E-state index contributed by atoms with van der Waals surface area (Å²) in [6.07, 6.45) is 1.73. The van der Waals surface area contributed by atoms with Crippen molar-refractivity contribution in [2.24, 2.45) is 12.9 Å². The van der Waals surface area contributed by atoms with Crippen molar-refractivity contribution in [2.75, 3.05) is 6.61 Å². The van der Waals surface area contributed by atoms with Crippen LogP contribution in [0.15, 0.2) is 6.20 Å². The lowest BCUT2D eigenvalue weighted by Crippen LogP contribution is -2.22. The number of nitrogens with two attached hydrogens (primary N) is 1. The lowest BCUT2D eigenvalue weighted by Gasteiger charge is -2.00. The molecule has 14 heavy (non-hydrogen) atoms. The fourth-order valence-corrected chi connectivity index (χ4v) is 1.15. The molecule has 0 spiro atoms. The van der Waals surface area contributed by atoms with Gasteiger partial charge in [0.1, 0.15) is 0 Å². The Balaban J connectivity index is 2.88. The van der Waals surface area contributed by atoms with E-state index in [1.165, 1.54) is 0 Å². The van der Waals surface area contributed by atoms with Crippen molar-refractivity contribution < 1.29 is 9.53 Å². The number of ether oxygens (including phenoxy) is 1. The highest BCUT2D eigenvalue weighted by atomic mass is 16.5. The van der Waals surface area contributed by atoms with Crippen molar-refractivity contribution >= 4 is 5.97 Å². The standard InChI is InChI=1S/C8H14N4O2/c1-3-14-8(13)7-6(4-10-9)5-12(2)11-7/h5,10H,3-4,9H2,1-2H3. The second kappa shape index (κ2) is 4.73. The zero-order chi connectivity index (χ0) is 10.6. The molecule has 0 saturated heterocycles. The summed E-state index contributed by atoms with van der Waals surface area (Å²) in [7, 11) is 1.74. The van der Waals surface area contributed by atoms with E-state index in [9.17, 15) is 4.79 Å². The second-order valence-electron chi connectivity index (χ2n) is 2.78. The smallest absolute Gasteiger partial charge is 0.359 e. The molecular weight excluding hydrogens is 184 g/mol. The molecule has 0 aliphatic rings.